The van der Waals surface area contributed by atoms with Gasteiger partial charge < -0.3 is 10.3 Å². The highest BCUT2D eigenvalue weighted by Crippen LogP contribution is 2.31. The zero-order valence-corrected chi connectivity index (χ0v) is 9.80. The molecule has 0 aliphatic carbocycles. The summed E-state index contributed by atoms with van der Waals surface area (Å²) in [6.45, 7) is 0. The molecule has 1 saturated heterocycles. The number of nitrogens with zero attached hydrogens (tertiary/aromatic N) is 4. The Kier molecular flexibility index (Phi) is 2.77. The molecule has 2 atom stereocenters. The van der Waals surface area contributed by atoms with Gasteiger partial charge in [0.1, 0.15) is 0 Å². The third-order valence-electron chi connectivity index (χ3n) is 2.65. The first-order valence-corrected chi connectivity index (χ1v) is 6.44. The van der Waals surface area contributed by atoms with E-state index in [1.807, 2.05) is 0 Å². The Balaban J connectivity index is 1.88. The maximum Gasteiger partial charge on any atom is 0.240 e. The number of nitrogens with two attached hydrogens (primary N) is 1. The molecule has 0 amide bonds. The van der Waals surface area contributed by atoms with E-state index in [4.69, 9.17) is 10.3 Å². The van der Waals surface area contributed by atoms with Gasteiger partial charge in [0.05, 0.1) is 5.92 Å². The predicted molar refractivity (Wildman–Crippen MR) is 63.4 cm³/mol. The Hall–Kier alpha value is -1.47. The second kappa shape index (κ2) is 4.42. The van der Waals surface area contributed by atoms with Gasteiger partial charge in [-0.2, -0.15) is 16.7 Å². The second-order valence-corrected chi connectivity index (χ2v) is 4.91. The molecule has 3 heterocycles. The molecule has 2 unspecified atom stereocenters. The van der Waals surface area contributed by atoms with Gasteiger partial charge in [-0.05, 0) is 6.07 Å². The second-order valence-electron chi connectivity index (χ2n) is 3.84. The highest BCUT2D eigenvalue weighted by atomic mass is 32.2. The van der Waals surface area contributed by atoms with E-state index in [0.29, 0.717) is 17.5 Å². The topological polar surface area (TPSA) is 90.7 Å². The van der Waals surface area contributed by atoms with Gasteiger partial charge in [0.15, 0.2) is 0 Å². The highest BCUT2D eigenvalue weighted by molar-refractivity contribution is 7.99. The van der Waals surface area contributed by atoms with E-state index in [9.17, 15) is 0 Å². The quantitative estimate of drug-likeness (QED) is 0.837. The standard InChI is InChI=1S/C10H11N5OS/c11-7-5-17-4-6(7)10-14-9(15-16-10)8-12-2-1-3-13-8/h1-3,6-7H,4-5,11H2. The van der Waals surface area contributed by atoms with E-state index in [0.717, 1.165) is 11.5 Å². The summed E-state index contributed by atoms with van der Waals surface area (Å²) in [5, 5.41) is 3.89. The zero-order chi connectivity index (χ0) is 11.7. The van der Waals surface area contributed by atoms with Crippen LogP contribution in [0.3, 0.4) is 0 Å². The largest absolute Gasteiger partial charge is 0.338 e. The van der Waals surface area contributed by atoms with Crippen LogP contribution in [0.1, 0.15) is 11.8 Å². The lowest BCUT2D eigenvalue weighted by molar-refractivity contribution is 0.352. The molecule has 0 radical (unpaired) electrons. The van der Waals surface area contributed by atoms with Crippen molar-refractivity contribution in [3.63, 3.8) is 0 Å². The Morgan fingerprint density at radius 2 is 2.06 bits per heavy atom. The third kappa shape index (κ3) is 2.03. The van der Waals surface area contributed by atoms with Crippen LogP contribution in [0.2, 0.25) is 0 Å². The van der Waals surface area contributed by atoms with Crippen LogP contribution in [0.15, 0.2) is 23.0 Å². The van der Waals surface area contributed by atoms with Crippen LogP contribution in [0.5, 0.6) is 0 Å². The molecule has 0 spiro atoms. The molecule has 88 valence electrons. The molecule has 7 heteroatoms. The summed E-state index contributed by atoms with van der Waals surface area (Å²) in [6.07, 6.45) is 3.30. The van der Waals surface area contributed by atoms with Crippen LogP contribution in [-0.4, -0.2) is 37.7 Å². The molecule has 2 N–H and O–H groups in total. The fourth-order valence-corrected chi connectivity index (χ4v) is 3.00. The van der Waals surface area contributed by atoms with Crippen molar-refractivity contribution in [2.45, 2.75) is 12.0 Å². The lowest BCUT2D eigenvalue weighted by Crippen LogP contribution is -2.26. The Labute approximate surface area is 102 Å². The highest BCUT2D eigenvalue weighted by Gasteiger charge is 2.31. The first kappa shape index (κ1) is 10.7. The van der Waals surface area contributed by atoms with Crippen molar-refractivity contribution in [3.8, 4) is 11.6 Å². The molecule has 0 saturated carbocycles. The van der Waals surface area contributed by atoms with Crippen LogP contribution in [-0.2, 0) is 0 Å². The van der Waals surface area contributed by atoms with Crippen LogP contribution >= 0.6 is 11.8 Å². The van der Waals surface area contributed by atoms with Gasteiger partial charge >= 0.3 is 0 Å². The van der Waals surface area contributed by atoms with Crippen LogP contribution in [0, 0.1) is 0 Å². The van der Waals surface area contributed by atoms with Crippen molar-refractivity contribution >= 4 is 11.8 Å². The Bertz CT molecular complexity index is 502. The third-order valence-corrected chi connectivity index (χ3v) is 3.86. The summed E-state index contributed by atoms with van der Waals surface area (Å²) >= 11 is 1.81. The van der Waals surface area contributed by atoms with E-state index < -0.39 is 0 Å². The van der Waals surface area contributed by atoms with Crippen molar-refractivity contribution in [1.82, 2.24) is 20.1 Å². The molecule has 17 heavy (non-hydrogen) atoms. The SMILES string of the molecule is NC1CSCC1c1nc(-c2ncccn2)no1. The molecule has 0 bridgehead atoms. The average molecular weight is 249 g/mol. The van der Waals surface area contributed by atoms with E-state index in [2.05, 4.69) is 20.1 Å². The summed E-state index contributed by atoms with van der Waals surface area (Å²) < 4.78 is 5.24. The molecule has 1 aliphatic heterocycles. The molecular formula is C10H11N5OS. The van der Waals surface area contributed by atoms with E-state index in [1.165, 1.54) is 0 Å². The summed E-state index contributed by atoms with van der Waals surface area (Å²) in [5.41, 5.74) is 5.98. The van der Waals surface area contributed by atoms with Gasteiger partial charge in [0, 0.05) is 29.9 Å². The van der Waals surface area contributed by atoms with Crippen LogP contribution in [0.4, 0.5) is 0 Å². The number of thioether (sulfide) groups is 1. The van der Waals surface area contributed by atoms with Gasteiger partial charge in [0.25, 0.3) is 0 Å². The lowest BCUT2D eigenvalue weighted by atomic mass is 10.1. The number of hydrogen-bond donors (Lipinski definition) is 1. The maximum absolute atomic E-state index is 5.98. The summed E-state index contributed by atoms with van der Waals surface area (Å²) in [6, 6.07) is 1.83. The van der Waals surface area contributed by atoms with Crippen molar-refractivity contribution in [2.75, 3.05) is 11.5 Å². The van der Waals surface area contributed by atoms with Gasteiger partial charge in [-0.3, -0.25) is 0 Å². The van der Waals surface area contributed by atoms with Gasteiger partial charge in [-0.15, -0.1) is 0 Å². The first-order chi connectivity index (χ1) is 8.34. The number of hydrogen-bond acceptors (Lipinski definition) is 7. The fourth-order valence-electron chi connectivity index (χ4n) is 1.72. The summed E-state index contributed by atoms with van der Waals surface area (Å²) in [5.74, 6) is 3.49. The normalized spacial score (nSPS) is 24.1. The molecule has 3 rings (SSSR count). The minimum Gasteiger partial charge on any atom is -0.338 e. The molecule has 2 aromatic rings. The summed E-state index contributed by atoms with van der Waals surface area (Å²) in [7, 11) is 0. The monoisotopic (exact) mass is 249 g/mol. The van der Waals surface area contributed by atoms with E-state index >= 15 is 0 Å². The van der Waals surface area contributed by atoms with Crippen molar-refractivity contribution in [2.24, 2.45) is 5.73 Å². The van der Waals surface area contributed by atoms with Crippen LogP contribution < -0.4 is 5.73 Å². The maximum atomic E-state index is 5.98. The fraction of sp³-hybridized carbons (Fsp3) is 0.400. The van der Waals surface area contributed by atoms with Crippen LogP contribution in [0.25, 0.3) is 11.6 Å². The smallest absolute Gasteiger partial charge is 0.240 e. The van der Waals surface area contributed by atoms with E-state index in [-0.39, 0.29) is 12.0 Å². The average Bonchev–Trinajstić information content (AvgIpc) is 2.98. The number of aromatic nitrogens is 4. The van der Waals surface area contributed by atoms with Crippen molar-refractivity contribution in [3.05, 3.63) is 24.4 Å². The number of rotatable bonds is 2. The van der Waals surface area contributed by atoms with E-state index in [1.54, 1.807) is 30.2 Å². The van der Waals surface area contributed by atoms with Crippen molar-refractivity contribution < 1.29 is 4.52 Å². The van der Waals surface area contributed by atoms with Gasteiger partial charge in [-0.25, -0.2) is 9.97 Å². The minimum atomic E-state index is 0.0880. The Morgan fingerprint density at radius 3 is 2.76 bits per heavy atom. The molecule has 6 nitrogen and oxygen atoms in total. The molecule has 1 aliphatic rings. The first-order valence-electron chi connectivity index (χ1n) is 5.29. The minimum absolute atomic E-state index is 0.0880. The molecule has 2 aromatic heterocycles. The predicted octanol–water partition coefficient (Wildman–Crippen LogP) is 0.684. The van der Waals surface area contributed by atoms with Gasteiger partial charge in [-0.1, -0.05) is 5.16 Å². The molecule has 1 fully saturated rings. The molecular weight excluding hydrogens is 238 g/mol. The summed E-state index contributed by atoms with van der Waals surface area (Å²) in [4.78, 5) is 12.5. The lowest BCUT2D eigenvalue weighted by Gasteiger charge is -2.07. The zero-order valence-electron chi connectivity index (χ0n) is 8.98. The molecule has 0 aromatic carbocycles. The Morgan fingerprint density at radius 1 is 1.24 bits per heavy atom. The van der Waals surface area contributed by atoms with Crippen molar-refractivity contribution in [1.29, 1.82) is 0 Å². The van der Waals surface area contributed by atoms with Gasteiger partial charge in [0.2, 0.25) is 17.5 Å².